The van der Waals surface area contributed by atoms with Crippen LogP contribution in [0.25, 0.3) is 0 Å². The molecule has 0 fully saturated rings. The average molecular weight is 315 g/mol. The van der Waals surface area contributed by atoms with E-state index in [1.807, 2.05) is 60.7 Å². The van der Waals surface area contributed by atoms with Crippen LogP contribution in [0.2, 0.25) is 0 Å². The van der Waals surface area contributed by atoms with Crippen molar-refractivity contribution < 1.29 is 9.84 Å². The largest absolute Gasteiger partial charge is 0.489 e. The van der Waals surface area contributed by atoms with Crippen LogP contribution < -0.4 is 4.74 Å². The van der Waals surface area contributed by atoms with Gasteiger partial charge in [-0.05, 0) is 47.5 Å². The molecule has 2 aromatic carbocycles. The molecule has 3 aromatic rings. The van der Waals surface area contributed by atoms with Crippen LogP contribution in [0, 0.1) is 11.8 Å². The van der Waals surface area contributed by atoms with Crippen molar-refractivity contribution in [1.82, 2.24) is 4.98 Å². The van der Waals surface area contributed by atoms with Crippen molar-refractivity contribution in [3.8, 4) is 17.6 Å². The highest BCUT2D eigenvalue weighted by atomic mass is 16.5. The molecule has 1 aromatic heterocycles. The summed E-state index contributed by atoms with van der Waals surface area (Å²) in [6.07, 6.45) is 3.47. The maximum absolute atomic E-state index is 9.03. The second-order valence-corrected chi connectivity index (χ2v) is 5.28. The first kappa shape index (κ1) is 15.8. The summed E-state index contributed by atoms with van der Waals surface area (Å²) in [4.78, 5) is 4.04. The van der Waals surface area contributed by atoms with Crippen LogP contribution in [0.3, 0.4) is 0 Å². The van der Waals surface area contributed by atoms with E-state index >= 15 is 0 Å². The predicted octanol–water partition coefficient (Wildman–Crippen LogP) is 3.55. The normalized spacial score (nSPS) is 9.88. The summed E-state index contributed by atoms with van der Waals surface area (Å²) in [6.45, 7) is 0.551. The molecule has 3 heteroatoms. The van der Waals surface area contributed by atoms with Crippen LogP contribution in [0.1, 0.15) is 22.3 Å². The van der Waals surface area contributed by atoms with E-state index in [9.17, 15) is 0 Å². The molecule has 0 aliphatic rings. The molecule has 0 saturated carbocycles. The number of aromatic nitrogens is 1. The highest BCUT2D eigenvalue weighted by molar-refractivity contribution is 5.43. The number of rotatable bonds is 4. The third-order valence-electron chi connectivity index (χ3n) is 3.48. The van der Waals surface area contributed by atoms with Gasteiger partial charge >= 0.3 is 0 Å². The number of hydrogen-bond donors (Lipinski definition) is 1. The maximum Gasteiger partial charge on any atom is 0.119 e. The molecule has 0 aliphatic carbocycles. The number of ether oxygens (including phenoxy) is 1. The van der Waals surface area contributed by atoms with E-state index in [2.05, 4.69) is 16.8 Å². The fourth-order valence-corrected chi connectivity index (χ4v) is 2.12. The van der Waals surface area contributed by atoms with E-state index < -0.39 is 0 Å². The zero-order chi connectivity index (χ0) is 16.6. The Morgan fingerprint density at radius 2 is 1.54 bits per heavy atom. The molecule has 0 radical (unpaired) electrons. The van der Waals surface area contributed by atoms with Crippen molar-refractivity contribution in [2.75, 3.05) is 0 Å². The Kier molecular flexibility index (Phi) is 5.24. The zero-order valence-electron chi connectivity index (χ0n) is 13.1. The van der Waals surface area contributed by atoms with Gasteiger partial charge in [-0.25, -0.2) is 0 Å². The van der Waals surface area contributed by atoms with E-state index in [0.29, 0.717) is 6.61 Å². The summed E-state index contributed by atoms with van der Waals surface area (Å²) in [5, 5.41) is 9.03. The first-order valence-electron chi connectivity index (χ1n) is 7.67. The molecule has 0 bridgehead atoms. The van der Waals surface area contributed by atoms with Gasteiger partial charge in [0.05, 0.1) is 6.61 Å². The Morgan fingerprint density at radius 3 is 2.21 bits per heavy atom. The molecule has 3 rings (SSSR count). The minimum atomic E-state index is 0.0582. The highest BCUT2D eigenvalue weighted by Crippen LogP contribution is 2.14. The van der Waals surface area contributed by atoms with Gasteiger partial charge in [0.2, 0.25) is 0 Å². The summed E-state index contributed by atoms with van der Waals surface area (Å²) in [6, 6.07) is 19.2. The Labute approximate surface area is 141 Å². The van der Waals surface area contributed by atoms with Crippen molar-refractivity contribution in [1.29, 1.82) is 0 Å². The second kappa shape index (κ2) is 7.96. The molecule has 0 aliphatic heterocycles. The minimum absolute atomic E-state index is 0.0582. The zero-order valence-corrected chi connectivity index (χ0v) is 13.1. The third kappa shape index (κ3) is 4.45. The molecule has 3 nitrogen and oxygen atoms in total. The SMILES string of the molecule is OCc1ccc(COc2ccc(C#Cc3cccnc3)cc2)cc1. The Balaban J connectivity index is 1.59. The summed E-state index contributed by atoms with van der Waals surface area (Å²) < 4.78 is 5.76. The third-order valence-corrected chi connectivity index (χ3v) is 3.48. The maximum atomic E-state index is 9.03. The highest BCUT2D eigenvalue weighted by Gasteiger charge is 1.97. The number of hydrogen-bond acceptors (Lipinski definition) is 3. The summed E-state index contributed by atoms with van der Waals surface area (Å²) in [5.74, 6) is 6.98. The van der Waals surface area contributed by atoms with Gasteiger partial charge in [0.15, 0.2) is 0 Å². The van der Waals surface area contributed by atoms with Crippen LogP contribution in [0.15, 0.2) is 73.1 Å². The quantitative estimate of drug-likeness (QED) is 0.749. The van der Waals surface area contributed by atoms with Crippen LogP contribution in [0.5, 0.6) is 5.75 Å². The number of pyridine rings is 1. The van der Waals surface area contributed by atoms with Gasteiger partial charge in [0, 0.05) is 23.5 Å². The van der Waals surface area contributed by atoms with Crippen molar-refractivity contribution in [2.24, 2.45) is 0 Å². The first-order chi connectivity index (χ1) is 11.8. The molecule has 0 unspecified atom stereocenters. The first-order valence-corrected chi connectivity index (χ1v) is 7.67. The topological polar surface area (TPSA) is 42.4 Å². The smallest absolute Gasteiger partial charge is 0.119 e. The van der Waals surface area contributed by atoms with Crippen molar-refractivity contribution in [3.63, 3.8) is 0 Å². The lowest BCUT2D eigenvalue weighted by Crippen LogP contribution is -1.95. The fraction of sp³-hybridized carbons (Fsp3) is 0.0952. The number of aliphatic hydroxyl groups is 1. The average Bonchev–Trinajstić information content (AvgIpc) is 2.67. The summed E-state index contributed by atoms with van der Waals surface area (Å²) >= 11 is 0. The van der Waals surface area contributed by atoms with Crippen molar-refractivity contribution in [3.05, 3.63) is 95.3 Å². The van der Waals surface area contributed by atoms with Gasteiger partial charge in [-0.2, -0.15) is 0 Å². The van der Waals surface area contributed by atoms with Crippen molar-refractivity contribution >= 4 is 0 Å². The summed E-state index contributed by atoms with van der Waals surface area (Å²) in [5.41, 5.74) is 3.78. The fourth-order valence-electron chi connectivity index (χ4n) is 2.12. The molecule has 1 heterocycles. The van der Waals surface area contributed by atoms with Gasteiger partial charge in [-0.1, -0.05) is 36.1 Å². The van der Waals surface area contributed by atoms with E-state index in [1.165, 1.54) is 0 Å². The minimum Gasteiger partial charge on any atom is -0.489 e. The molecular weight excluding hydrogens is 298 g/mol. The molecule has 0 saturated heterocycles. The van der Waals surface area contributed by atoms with Gasteiger partial charge in [-0.15, -0.1) is 0 Å². The molecule has 0 atom stereocenters. The second-order valence-electron chi connectivity index (χ2n) is 5.28. The van der Waals surface area contributed by atoms with E-state index in [0.717, 1.165) is 28.0 Å². The van der Waals surface area contributed by atoms with Crippen LogP contribution in [-0.2, 0) is 13.2 Å². The molecule has 118 valence electrons. The standard InChI is InChI=1S/C21H17NO2/c23-15-19-5-7-20(8-6-19)16-24-21-11-9-17(10-12-21)3-4-18-2-1-13-22-14-18/h1-2,5-14,23H,15-16H2. The van der Waals surface area contributed by atoms with E-state index in [-0.39, 0.29) is 6.61 Å². The van der Waals surface area contributed by atoms with Crippen LogP contribution in [0.4, 0.5) is 0 Å². The summed E-state index contributed by atoms with van der Waals surface area (Å²) in [7, 11) is 0. The number of benzene rings is 2. The lowest BCUT2D eigenvalue weighted by Gasteiger charge is -2.07. The lowest BCUT2D eigenvalue weighted by atomic mass is 10.1. The van der Waals surface area contributed by atoms with Gasteiger partial charge in [0.25, 0.3) is 0 Å². The predicted molar refractivity (Wildman–Crippen MR) is 93.4 cm³/mol. The lowest BCUT2D eigenvalue weighted by molar-refractivity contribution is 0.281. The Morgan fingerprint density at radius 1 is 0.833 bits per heavy atom. The Hall–Kier alpha value is -3.09. The van der Waals surface area contributed by atoms with Gasteiger partial charge < -0.3 is 9.84 Å². The van der Waals surface area contributed by atoms with Crippen LogP contribution >= 0.6 is 0 Å². The van der Waals surface area contributed by atoms with E-state index in [4.69, 9.17) is 9.84 Å². The van der Waals surface area contributed by atoms with Crippen LogP contribution in [-0.4, -0.2) is 10.1 Å². The van der Waals surface area contributed by atoms with Gasteiger partial charge in [0.1, 0.15) is 12.4 Å². The molecule has 0 spiro atoms. The molecular formula is C21H17NO2. The number of aliphatic hydroxyl groups excluding tert-OH is 1. The molecule has 1 N–H and O–H groups in total. The molecule has 0 amide bonds. The number of nitrogens with zero attached hydrogens (tertiary/aromatic N) is 1. The van der Waals surface area contributed by atoms with Gasteiger partial charge in [-0.3, -0.25) is 4.98 Å². The monoisotopic (exact) mass is 315 g/mol. The molecule has 24 heavy (non-hydrogen) atoms. The Bertz CT molecular complexity index is 829. The van der Waals surface area contributed by atoms with Crippen molar-refractivity contribution in [2.45, 2.75) is 13.2 Å². The van der Waals surface area contributed by atoms with E-state index in [1.54, 1.807) is 12.4 Å².